The highest BCUT2D eigenvalue weighted by molar-refractivity contribution is 6.25. The van der Waals surface area contributed by atoms with Crippen molar-refractivity contribution < 1.29 is 5.21 Å². The van der Waals surface area contributed by atoms with Gasteiger partial charge < -0.3 is 5.21 Å². The number of aryl methyl sites for hydroxylation is 1. The van der Waals surface area contributed by atoms with E-state index in [4.69, 9.17) is 0 Å². The summed E-state index contributed by atoms with van der Waals surface area (Å²) in [6.45, 7) is 4.19. The molecule has 1 heterocycles. The number of nitrogens with zero attached hydrogens (tertiary/aromatic N) is 1. The second-order valence-electron chi connectivity index (χ2n) is 5.55. The Morgan fingerprint density at radius 2 is 1.38 bits per heavy atom. The summed E-state index contributed by atoms with van der Waals surface area (Å²) < 4.78 is 1.39. The molecular weight excluding hydrogens is 258 g/mol. The summed E-state index contributed by atoms with van der Waals surface area (Å²) in [6, 6.07) is 16.8. The Hall–Kier alpha value is -2.48. The third-order valence-electron chi connectivity index (χ3n) is 4.52. The van der Waals surface area contributed by atoms with Gasteiger partial charge in [0.15, 0.2) is 0 Å². The topological polar surface area (TPSA) is 25.2 Å². The van der Waals surface area contributed by atoms with Crippen molar-refractivity contribution in [3.8, 4) is 0 Å². The summed E-state index contributed by atoms with van der Waals surface area (Å²) in [5.41, 5.74) is 3.10. The molecule has 0 saturated carbocycles. The Morgan fingerprint density at radius 3 is 2.00 bits per heavy atom. The molecule has 2 heteroatoms. The second kappa shape index (κ2) is 4.26. The van der Waals surface area contributed by atoms with Crippen molar-refractivity contribution in [1.29, 1.82) is 0 Å². The van der Waals surface area contributed by atoms with Crippen LogP contribution in [0.25, 0.3) is 32.4 Å². The number of fused-ring (bicyclic) bond motifs is 6. The van der Waals surface area contributed by atoms with Crippen molar-refractivity contribution in [3.63, 3.8) is 0 Å². The van der Waals surface area contributed by atoms with Crippen molar-refractivity contribution in [3.05, 3.63) is 59.8 Å². The Morgan fingerprint density at radius 1 is 0.857 bits per heavy atom. The van der Waals surface area contributed by atoms with Gasteiger partial charge in [0, 0.05) is 10.8 Å². The van der Waals surface area contributed by atoms with Crippen LogP contribution < -0.4 is 0 Å². The molecule has 0 spiro atoms. The molecule has 0 atom stereocenters. The summed E-state index contributed by atoms with van der Waals surface area (Å²) >= 11 is 0. The molecule has 0 fully saturated rings. The van der Waals surface area contributed by atoms with E-state index in [1.54, 1.807) is 0 Å². The Balaban J connectivity index is 2.44. The standard InChI is InChI=1S/C19H17NO/c1-3-17-12(2)18-15-10-6-4-8-13(15)14-9-5-7-11-16(14)19(18)20(17)21/h4-11,21H,3H2,1-2H3. The zero-order chi connectivity index (χ0) is 14.6. The minimum absolute atomic E-state index is 0.819. The first-order valence-electron chi connectivity index (χ1n) is 7.36. The molecule has 4 rings (SSSR count). The van der Waals surface area contributed by atoms with Gasteiger partial charge in [-0.1, -0.05) is 55.5 Å². The fraction of sp³-hybridized carbons (Fsp3) is 0.158. The molecule has 21 heavy (non-hydrogen) atoms. The molecule has 0 bridgehead atoms. The van der Waals surface area contributed by atoms with Gasteiger partial charge in [-0.15, -0.1) is 0 Å². The number of benzene rings is 3. The van der Waals surface area contributed by atoms with Crippen LogP contribution in [-0.2, 0) is 6.42 Å². The molecule has 0 aliphatic carbocycles. The molecule has 0 aliphatic heterocycles. The van der Waals surface area contributed by atoms with Crippen molar-refractivity contribution >= 4 is 32.4 Å². The minimum atomic E-state index is 0.819. The average molecular weight is 275 g/mol. The largest absolute Gasteiger partial charge is 0.428 e. The van der Waals surface area contributed by atoms with E-state index in [1.165, 1.54) is 31.8 Å². The highest BCUT2D eigenvalue weighted by Crippen LogP contribution is 2.38. The zero-order valence-corrected chi connectivity index (χ0v) is 12.2. The smallest absolute Gasteiger partial charge is 0.0956 e. The molecule has 1 N–H and O–H groups in total. The first kappa shape index (κ1) is 12.3. The van der Waals surface area contributed by atoms with E-state index in [0.717, 1.165) is 23.0 Å². The van der Waals surface area contributed by atoms with E-state index in [1.807, 2.05) is 6.07 Å². The Bertz CT molecular complexity index is 916. The van der Waals surface area contributed by atoms with Crippen LogP contribution in [0.2, 0.25) is 0 Å². The maximum atomic E-state index is 10.6. The summed E-state index contributed by atoms with van der Waals surface area (Å²) in [5, 5.41) is 16.6. The van der Waals surface area contributed by atoms with E-state index in [2.05, 4.69) is 56.3 Å². The van der Waals surface area contributed by atoms with Gasteiger partial charge in [0.1, 0.15) is 0 Å². The Kier molecular flexibility index (Phi) is 2.49. The van der Waals surface area contributed by atoms with Gasteiger partial charge in [-0.05, 0) is 35.1 Å². The van der Waals surface area contributed by atoms with Crippen LogP contribution >= 0.6 is 0 Å². The molecule has 104 valence electrons. The van der Waals surface area contributed by atoms with Crippen molar-refractivity contribution in [2.45, 2.75) is 20.3 Å². The number of rotatable bonds is 1. The SMILES string of the molecule is CCc1c(C)c2c3ccccc3c3ccccc3c2n1O. The van der Waals surface area contributed by atoms with E-state index >= 15 is 0 Å². The fourth-order valence-electron chi connectivity index (χ4n) is 3.58. The average Bonchev–Trinajstić information content (AvgIpc) is 2.79. The van der Waals surface area contributed by atoms with Gasteiger partial charge in [0.2, 0.25) is 0 Å². The maximum Gasteiger partial charge on any atom is 0.0956 e. The van der Waals surface area contributed by atoms with Crippen molar-refractivity contribution in [1.82, 2.24) is 4.73 Å². The summed E-state index contributed by atoms with van der Waals surface area (Å²) in [5.74, 6) is 0. The predicted octanol–water partition coefficient (Wildman–Crippen LogP) is 5.06. The third kappa shape index (κ3) is 1.47. The molecule has 1 aromatic heterocycles. The molecule has 3 aromatic carbocycles. The van der Waals surface area contributed by atoms with Gasteiger partial charge in [-0.25, -0.2) is 0 Å². The van der Waals surface area contributed by atoms with Crippen LogP contribution in [0.3, 0.4) is 0 Å². The summed E-state index contributed by atoms with van der Waals surface area (Å²) in [6.07, 6.45) is 0.819. The molecule has 0 unspecified atom stereocenters. The molecule has 0 amide bonds. The molecule has 0 saturated heterocycles. The van der Waals surface area contributed by atoms with Crippen LogP contribution in [0.4, 0.5) is 0 Å². The highest BCUT2D eigenvalue weighted by Gasteiger charge is 2.18. The molecule has 4 aromatic rings. The first-order valence-corrected chi connectivity index (χ1v) is 7.36. The molecule has 0 radical (unpaired) electrons. The van der Waals surface area contributed by atoms with Gasteiger partial charge in [0.05, 0.1) is 11.2 Å². The predicted molar refractivity (Wildman–Crippen MR) is 88.2 cm³/mol. The first-order chi connectivity index (χ1) is 10.2. The zero-order valence-electron chi connectivity index (χ0n) is 12.2. The number of hydrogen-bond acceptors (Lipinski definition) is 1. The van der Waals surface area contributed by atoms with E-state index in [9.17, 15) is 5.21 Å². The second-order valence-corrected chi connectivity index (χ2v) is 5.55. The summed E-state index contributed by atoms with van der Waals surface area (Å²) in [4.78, 5) is 0. The Labute approximate surface area is 123 Å². The van der Waals surface area contributed by atoms with Gasteiger partial charge >= 0.3 is 0 Å². The highest BCUT2D eigenvalue weighted by atomic mass is 16.5. The van der Waals surface area contributed by atoms with E-state index in [-0.39, 0.29) is 0 Å². The summed E-state index contributed by atoms with van der Waals surface area (Å²) in [7, 11) is 0. The van der Waals surface area contributed by atoms with Crippen LogP contribution in [0.5, 0.6) is 0 Å². The van der Waals surface area contributed by atoms with Gasteiger partial charge in [0.25, 0.3) is 0 Å². The molecule has 0 aliphatic rings. The van der Waals surface area contributed by atoms with Crippen molar-refractivity contribution in [2.24, 2.45) is 0 Å². The van der Waals surface area contributed by atoms with Gasteiger partial charge in [-0.3, -0.25) is 0 Å². The van der Waals surface area contributed by atoms with Crippen LogP contribution in [0, 0.1) is 6.92 Å². The number of hydrogen-bond donors (Lipinski definition) is 1. The minimum Gasteiger partial charge on any atom is -0.428 e. The third-order valence-corrected chi connectivity index (χ3v) is 4.52. The molecule has 2 nitrogen and oxygen atoms in total. The lowest BCUT2D eigenvalue weighted by Crippen LogP contribution is -1.97. The lowest BCUT2D eigenvalue weighted by molar-refractivity contribution is 0.191. The fourth-order valence-corrected chi connectivity index (χ4v) is 3.58. The van der Waals surface area contributed by atoms with E-state index < -0.39 is 0 Å². The maximum absolute atomic E-state index is 10.6. The quantitative estimate of drug-likeness (QED) is 0.381. The lowest BCUT2D eigenvalue weighted by atomic mass is 9.96. The lowest BCUT2D eigenvalue weighted by Gasteiger charge is -2.08. The van der Waals surface area contributed by atoms with Gasteiger partial charge in [-0.2, -0.15) is 4.73 Å². The van der Waals surface area contributed by atoms with Crippen LogP contribution in [-0.4, -0.2) is 9.94 Å². The van der Waals surface area contributed by atoms with Crippen molar-refractivity contribution in [2.75, 3.05) is 0 Å². The number of aromatic nitrogens is 1. The van der Waals surface area contributed by atoms with Crippen LogP contribution in [0.15, 0.2) is 48.5 Å². The van der Waals surface area contributed by atoms with E-state index in [0.29, 0.717) is 0 Å². The molecular formula is C19H17NO. The monoisotopic (exact) mass is 275 g/mol. The normalized spacial score (nSPS) is 11.7. The van der Waals surface area contributed by atoms with Crippen LogP contribution in [0.1, 0.15) is 18.2 Å².